The number of aliphatic hydroxyl groups is 1. The molecule has 2 N–H and O–H groups in total. The maximum absolute atomic E-state index is 13.1. The van der Waals surface area contributed by atoms with Gasteiger partial charge >= 0.3 is 0 Å². The average molecular weight is 386 g/mol. The van der Waals surface area contributed by atoms with E-state index in [9.17, 15) is 14.3 Å². The quantitative estimate of drug-likeness (QED) is 0.652. The van der Waals surface area contributed by atoms with Crippen LogP contribution >= 0.6 is 0 Å². The Kier molecular flexibility index (Phi) is 5.89. The zero-order valence-corrected chi connectivity index (χ0v) is 16.0. The number of nitrogens with one attached hydrogen (secondary N) is 1. The third-order valence-corrected chi connectivity index (χ3v) is 4.23. The maximum atomic E-state index is 13.1. The standard InChI is InChI=1S/C20H23FN4O3/c1-12(2)25-19-14(9-23-25)7-18(13(3)24-19)20(27)22-10-16(26)11-28-17-6-4-5-15(21)8-17/h4-9,12,16,26H,10-11H2,1-3H3,(H,22,27)/t16-/m0/s1. The molecule has 7 nitrogen and oxygen atoms in total. The second-order valence-corrected chi connectivity index (χ2v) is 6.85. The molecule has 0 unspecified atom stereocenters. The van der Waals surface area contributed by atoms with Gasteiger partial charge in [0.15, 0.2) is 5.65 Å². The van der Waals surface area contributed by atoms with Crippen molar-refractivity contribution in [3.63, 3.8) is 0 Å². The van der Waals surface area contributed by atoms with E-state index in [0.29, 0.717) is 17.0 Å². The number of hydrogen-bond acceptors (Lipinski definition) is 5. The maximum Gasteiger partial charge on any atom is 0.253 e. The zero-order chi connectivity index (χ0) is 20.3. The summed E-state index contributed by atoms with van der Waals surface area (Å²) in [7, 11) is 0. The number of aliphatic hydroxyl groups excluding tert-OH is 1. The number of nitrogens with zero attached hydrogens (tertiary/aromatic N) is 3. The third kappa shape index (κ3) is 4.45. The van der Waals surface area contributed by atoms with Crippen molar-refractivity contribution in [1.82, 2.24) is 20.1 Å². The summed E-state index contributed by atoms with van der Waals surface area (Å²) in [5.74, 6) is -0.438. The highest BCUT2D eigenvalue weighted by atomic mass is 19.1. The normalized spacial score (nSPS) is 12.4. The lowest BCUT2D eigenvalue weighted by Crippen LogP contribution is -2.35. The van der Waals surface area contributed by atoms with Crippen LogP contribution in [-0.2, 0) is 0 Å². The van der Waals surface area contributed by atoms with Gasteiger partial charge in [0.2, 0.25) is 0 Å². The molecule has 8 heteroatoms. The van der Waals surface area contributed by atoms with E-state index in [0.717, 1.165) is 11.0 Å². The predicted molar refractivity (Wildman–Crippen MR) is 103 cm³/mol. The molecule has 0 radical (unpaired) electrons. The fourth-order valence-corrected chi connectivity index (χ4v) is 2.79. The van der Waals surface area contributed by atoms with E-state index in [1.807, 2.05) is 13.8 Å². The van der Waals surface area contributed by atoms with Gasteiger partial charge in [-0.1, -0.05) is 6.07 Å². The number of carbonyl (C=O) groups excluding carboxylic acids is 1. The molecule has 0 aliphatic carbocycles. The topological polar surface area (TPSA) is 89.3 Å². The van der Waals surface area contributed by atoms with Crippen LogP contribution in [-0.4, -0.2) is 45.0 Å². The summed E-state index contributed by atoms with van der Waals surface area (Å²) in [6.07, 6.45) is 0.744. The van der Waals surface area contributed by atoms with Crippen LogP contribution in [0.15, 0.2) is 36.5 Å². The van der Waals surface area contributed by atoms with Gasteiger partial charge in [-0.2, -0.15) is 5.10 Å². The van der Waals surface area contributed by atoms with Crippen molar-refractivity contribution in [2.24, 2.45) is 0 Å². The van der Waals surface area contributed by atoms with Crippen molar-refractivity contribution in [3.05, 3.63) is 53.6 Å². The summed E-state index contributed by atoms with van der Waals surface area (Å²) in [5, 5.41) is 17.8. The SMILES string of the molecule is Cc1nc2c(cnn2C(C)C)cc1C(=O)NC[C@H](O)COc1cccc(F)c1. The molecule has 1 atom stereocenters. The second kappa shape index (κ2) is 8.35. The smallest absolute Gasteiger partial charge is 0.253 e. The molecule has 1 amide bonds. The van der Waals surface area contributed by atoms with Gasteiger partial charge in [0.1, 0.15) is 24.3 Å². The van der Waals surface area contributed by atoms with Crippen LogP contribution in [0.5, 0.6) is 5.75 Å². The van der Waals surface area contributed by atoms with E-state index in [1.54, 1.807) is 29.9 Å². The summed E-state index contributed by atoms with van der Waals surface area (Å²) in [6.45, 7) is 5.71. The van der Waals surface area contributed by atoms with Gasteiger partial charge in [0, 0.05) is 24.0 Å². The third-order valence-electron chi connectivity index (χ3n) is 4.23. The minimum Gasteiger partial charge on any atom is -0.491 e. The number of rotatable bonds is 7. The molecule has 0 spiro atoms. The van der Waals surface area contributed by atoms with Crippen LogP contribution < -0.4 is 10.1 Å². The molecular weight excluding hydrogens is 363 g/mol. The Bertz CT molecular complexity index is 987. The molecule has 28 heavy (non-hydrogen) atoms. The van der Waals surface area contributed by atoms with Gasteiger partial charge in [-0.05, 0) is 39.0 Å². The van der Waals surface area contributed by atoms with Gasteiger partial charge in [-0.25, -0.2) is 14.1 Å². The summed E-state index contributed by atoms with van der Waals surface area (Å²) < 4.78 is 20.2. The first-order valence-corrected chi connectivity index (χ1v) is 9.04. The van der Waals surface area contributed by atoms with Crippen LogP contribution in [0.2, 0.25) is 0 Å². The van der Waals surface area contributed by atoms with Crippen LogP contribution in [0.25, 0.3) is 11.0 Å². The molecule has 0 bridgehead atoms. The molecule has 2 aromatic heterocycles. The van der Waals surface area contributed by atoms with Crippen molar-refractivity contribution < 1.29 is 19.0 Å². The van der Waals surface area contributed by atoms with E-state index in [-0.39, 0.29) is 25.1 Å². The lowest BCUT2D eigenvalue weighted by molar-refractivity contribution is 0.0842. The number of amides is 1. The molecule has 3 rings (SSSR count). The average Bonchev–Trinajstić information content (AvgIpc) is 3.06. The first kappa shape index (κ1) is 19.8. The molecule has 0 aliphatic rings. The van der Waals surface area contributed by atoms with Crippen LogP contribution in [0.3, 0.4) is 0 Å². The molecular formula is C20H23FN4O3. The van der Waals surface area contributed by atoms with E-state index < -0.39 is 11.9 Å². The number of carbonyl (C=O) groups is 1. The Morgan fingerprint density at radius 1 is 1.36 bits per heavy atom. The number of benzene rings is 1. The Hall–Kier alpha value is -3.00. The molecule has 0 aliphatic heterocycles. The van der Waals surface area contributed by atoms with Crippen molar-refractivity contribution in [2.75, 3.05) is 13.2 Å². The molecule has 3 aromatic rings. The van der Waals surface area contributed by atoms with Crippen molar-refractivity contribution in [3.8, 4) is 5.75 Å². The van der Waals surface area contributed by atoms with Crippen molar-refractivity contribution in [1.29, 1.82) is 0 Å². The van der Waals surface area contributed by atoms with Gasteiger partial charge < -0.3 is 15.2 Å². The fourth-order valence-electron chi connectivity index (χ4n) is 2.79. The molecule has 1 aromatic carbocycles. The lowest BCUT2D eigenvalue weighted by atomic mass is 10.1. The Morgan fingerprint density at radius 3 is 2.86 bits per heavy atom. The Labute approximate surface area is 162 Å². The van der Waals surface area contributed by atoms with Crippen molar-refractivity contribution >= 4 is 16.9 Å². The lowest BCUT2D eigenvalue weighted by Gasteiger charge is -2.14. The molecule has 148 valence electrons. The Balaban J connectivity index is 1.60. The number of hydrogen-bond donors (Lipinski definition) is 2. The first-order valence-electron chi connectivity index (χ1n) is 9.04. The summed E-state index contributed by atoms with van der Waals surface area (Å²) in [6, 6.07) is 7.56. The first-order chi connectivity index (χ1) is 13.3. The fraction of sp³-hybridized carbons (Fsp3) is 0.350. The largest absolute Gasteiger partial charge is 0.491 e. The Morgan fingerprint density at radius 2 is 2.14 bits per heavy atom. The van der Waals surface area contributed by atoms with Gasteiger partial charge in [-0.3, -0.25) is 4.79 Å². The summed E-state index contributed by atoms with van der Waals surface area (Å²) >= 11 is 0. The number of aromatic nitrogens is 3. The van der Waals surface area contributed by atoms with Crippen LogP contribution in [0.4, 0.5) is 4.39 Å². The number of halogens is 1. The molecule has 0 saturated carbocycles. The molecule has 0 saturated heterocycles. The van der Waals surface area contributed by atoms with E-state index in [2.05, 4.69) is 15.4 Å². The number of fused-ring (bicyclic) bond motifs is 1. The number of aryl methyl sites for hydroxylation is 1. The second-order valence-electron chi connectivity index (χ2n) is 6.85. The molecule has 0 fully saturated rings. The van der Waals surface area contributed by atoms with Gasteiger partial charge in [0.05, 0.1) is 17.5 Å². The predicted octanol–water partition coefficient (Wildman–Crippen LogP) is 2.63. The monoisotopic (exact) mass is 386 g/mol. The number of pyridine rings is 1. The summed E-state index contributed by atoms with van der Waals surface area (Å²) in [4.78, 5) is 17.0. The highest BCUT2D eigenvalue weighted by Crippen LogP contribution is 2.19. The van der Waals surface area contributed by atoms with E-state index >= 15 is 0 Å². The van der Waals surface area contributed by atoms with Crippen molar-refractivity contribution in [2.45, 2.75) is 32.9 Å². The molecule has 2 heterocycles. The minimum absolute atomic E-state index is 0.00309. The minimum atomic E-state index is -0.937. The van der Waals surface area contributed by atoms with E-state index in [1.165, 1.54) is 18.2 Å². The van der Waals surface area contributed by atoms with Gasteiger partial charge in [0.25, 0.3) is 5.91 Å². The zero-order valence-electron chi connectivity index (χ0n) is 16.0. The number of ether oxygens (including phenoxy) is 1. The van der Waals surface area contributed by atoms with Crippen LogP contribution in [0, 0.1) is 12.7 Å². The highest BCUT2D eigenvalue weighted by molar-refractivity contribution is 5.98. The van der Waals surface area contributed by atoms with E-state index in [4.69, 9.17) is 4.74 Å². The van der Waals surface area contributed by atoms with Gasteiger partial charge in [-0.15, -0.1) is 0 Å². The highest BCUT2D eigenvalue weighted by Gasteiger charge is 2.16. The van der Waals surface area contributed by atoms with Crippen LogP contribution in [0.1, 0.15) is 35.9 Å². The summed E-state index contributed by atoms with van der Waals surface area (Å²) in [5.41, 5.74) is 1.74.